The van der Waals surface area contributed by atoms with Crippen LogP contribution in [0.2, 0.25) is 12.6 Å². The van der Waals surface area contributed by atoms with Crippen molar-refractivity contribution in [1.82, 2.24) is 4.90 Å². The van der Waals surface area contributed by atoms with Crippen LogP contribution in [0.5, 0.6) is 0 Å². The van der Waals surface area contributed by atoms with Crippen LogP contribution in [0.4, 0.5) is 4.79 Å². The number of amides is 1. The van der Waals surface area contributed by atoms with Gasteiger partial charge in [-0.1, -0.05) is 77.6 Å². The number of likely N-dealkylation sites (tertiary alicyclic amines) is 1. The second-order valence-corrected chi connectivity index (χ2v) is 13.9. The third kappa shape index (κ3) is 5.52. The van der Waals surface area contributed by atoms with Crippen molar-refractivity contribution in [3.05, 3.63) is 60.7 Å². The Morgan fingerprint density at radius 2 is 1.63 bits per heavy atom. The molecule has 1 N–H and O–H groups in total. The summed E-state index contributed by atoms with van der Waals surface area (Å²) in [5.41, 5.74) is -0.505. The van der Waals surface area contributed by atoms with Gasteiger partial charge in [0.2, 0.25) is 0 Å². The molecule has 30 heavy (non-hydrogen) atoms. The zero-order chi connectivity index (χ0) is 21.8. The van der Waals surface area contributed by atoms with Crippen LogP contribution in [0.15, 0.2) is 60.7 Å². The molecular formula is C25H35NO3Si. The maximum absolute atomic E-state index is 12.6. The Morgan fingerprint density at radius 1 is 1.10 bits per heavy atom. The van der Waals surface area contributed by atoms with Gasteiger partial charge in [0.1, 0.15) is 13.7 Å². The summed E-state index contributed by atoms with van der Waals surface area (Å²) < 4.78 is 5.59. The highest BCUT2D eigenvalue weighted by molar-refractivity contribution is 7.01. The van der Waals surface area contributed by atoms with Gasteiger partial charge in [-0.2, -0.15) is 0 Å². The highest BCUT2D eigenvalue weighted by atomic mass is 28.3. The van der Waals surface area contributed by atoms with E-state index in [0.29, 0.717) is 13.0 Å². The van der Waals surface area contributed by atoms with Crippen LogP contribution in [0.25, 0.3) is 0 Å². The van der Waals surface area contributed by atoms with Crippen LogP contribution in [-0.2, 0) is 4.74 Å². The standard InChI is InChI=1S/C25H35NO3Si/c1-25(2,3)29-24(28)26-17-11-12-20(26)18-21(27)19-30(4,22-13-7-5-8-14-22)23-15-9-6-10-16-23/h5-10,13-16,20-21,27H,11-12,17-19H2,1-4H3/t20-,21+/m0/s1. The largest absolute Gasteiger partial charge is 0.444 e. The van der Waals surface area contributed by atoms with Crippen molar-refractivity contribution in [3.63, 3.8) is 0 Å². The molecule has 0 spiro atoms. The zero-order valence-corrected chi connectivity index (χ0v) is 19.7. The molecule has 2 aromatic carbocycles. The summed E-state index contributed by atoms with van der Waals surface area (Å²) in [5, 5.41) is 13.8. The van der Waals surface area contributed by atoms with Gasteiger partial charge in [0.25, 0.3) is 0 Å². The summed E-state index contributed by atoms with van der Waals surface area (Å²) in [7, 11) is -2.11. The van der Waals surface area contributed by atoms with Crippen molar-refractivity contribution < 1.29 is 14.6 Å². The number of carbonyl (C=O) groups is 1. The summed E-state index contributed by atoms with van der Waals surface area (Å²) in [4.78, 5) is 14.4. The second kappa shape index (κ2) is 9.35. The van der Waals surface area contributed by atoms with E-state index < -0.39 is 19.8 Å². The van der Waals surface area contributed by atoms with E-state index in [-0.39, 0.29) is 12.1 Å². The van der Waals surface area contributed by atoms with Gasteiger partial charge < -0.3 is 14.7 Å². The second-order valence-electron chi connectivity index (χ2n) is 9.63. The smallest absolute Gasteiger partial charge is 0.410 e. The van der Waals surface area contributed by atoms with Crippen molar-refractivity contribution >= 4 is 24.5 Å². The van der Waals surface area contributed by atoms with Crippen molar-refractivity contribution in [1.29, 1.82) is 0 Å². The molecule has 0 aliphatic carbocycles. The first-order valence-electron chi connectivity index (χ1n) is 11.0. The van der Waals surface area contributed by atoms with Crippen LogP contribution < -0.4 is 10.4 Å². The Hall–Kier alpha value is -2.11. The molecule has 0 bridgehead atoms. The molecule has 1 aliphatic rings. The normalized spacial score (nSPS) is 18.3. The molecule has 1 saturated heterocycles. The van der Waals surface area contributed by atoms with Crippen molar-refractivity contribution in [2.24, 2.45) is 0 Å². The molecule has 2 aromatic rings. The third-order valence-corrected chi connectivity index (χ3v) is 10.5. The Balaban J connectivity index is 1.75. The lowest BCUT2D eigenvalue weighted by Crippen LogP contribution is -2.57. The van der Waals surface area contributed by atoms with E-state index in [1.165, 1.54) is 10.4 Å². The van der Waals surface area contributed by atoms with Crippen LogP contribution in [-0.4, -0.2) is 48.5 Å². The average Bonchev–Trinajstić information content (AvgIpc) is 3.16. The summed E-state index contributed by atoms with van der Waals surface area (Å²) in [6.07, 6.45) is 1.76. The molecule has 1 heterocycles. The van der Waals surface area contributed by atoms with Crippen LogP contribution in [0.3, 0.4) is 0 Å². The highest BCUT2D eigenvalue weighted by Crippen LogP contribution is 2.26. The lowest BCUT2D eigenvalue weighted by molar-refractivity contribution is 0.0186. The number of nitrogens with zero attached hydrogens (tertiary/aromatic N) is 1. The first kappa shape index (κ1) is 22.6. The van der Waals surface area contributed by atoms with E-state index in [0.717, 1.165) is 18.9 Å². The molecule has 0 saturated carbocycles. The van der Waals surface area contributed by atoms with Crippen LogP contribution in [0.1, 0.15) is 40.0 Å². The van der Waals surface area contributed by atoms with E-state index in [2.05, 4.69) is 55.1 Å². The van der Waals surface area contributed by atoms with Gasteiger partial charge in [0, 0.05) is 12.6 Å². The minimum atomic E-state index is -2.11. The number of rotatable bonds is 6. The van der Waals surface area contributed by atoms with Crippen molar-refractivity contribution in [2.75, 3.05) is 6.54 Å². The van der Waals surface area contributed by atoms with E-state index >= 15 is 0 Å². The molecule has 5 heteroatoms. The topological polar surface area (TPSA) is 49.8 Å². The molecule has 0 radical (unpaired) electrons. The van der Waals surface area contributed by atoms with Gasteiger partial charge in [-0.25, -0.2) is 4.79 Å². The van der Waals surface area contributed by atoms with Gasteiger partial charge in [-0.3, -0.25) is 0 Å². The van der Waals surface area contributed by atoms with Crippen LogP contribution >= 0.6 is 0 Å². The van der Waals surface area contributed by atoms with Crippen LogP contribution in [0, 0.1) is 0 Å². The minimum Gasteiger partial charge on any atom is -0.444 e. The van der Waals surface area contributed by atoms with Gasteiger partial charge >= 0.3 is 6.09 Å². The zero-order valence-electron chi connectivity index (χ0n) is 18.7. The molecule has 3 rings (SSSR count). The molecule has 0 unspecified atom stereocenters. The predicted octanol–water partition coefficient (Wildman–Crippen LogP) is 4.03. The quantitative estimate of drug-likeness (QED) is 0.711. The van der Waals surface area contributed by atoms with E-state index in [9.17, 15) is 9.90 Å². The minimum absolute atomic E-state index is 0.0413. The molecule has 1 amide bonds. The molecular weight excluding hydrogens is 390 g/mol. The van der Waals surface area contributed by atoms with Gasteiger partial charge in [-0.15, -0.1) is 0 Å². The van der Waals surface area contributed by atoms with E-state index in [4.69, 9.17) is 4.74 Å². The SMILES string of the molecule is CC(C)(C)OC(=O)N1CCC[C@H]1C[C@@H](O)C[Si](C)(c1ccccc1)c1ccccc1. The fraction of sp³-hybridized carbons (Fsp3) is 0.480. The molecule has 4 nitrogen and oxygen atoms in total. The van der Waals surface area contributed by atoms with Crippen molar-refractivity contribution in [3.8, 4) is 0 Å². The number of hydrogen-bond donors (Lipinski definition) is 1. The van der Waals surface area contributed by atoms with Gasteiger partial charge in [-0.05, 0) is 46.1 Å². The van der Waals surface area contributed by atoms with Crippen molar-refractivity contribution in [2.45, 2.75) is 70.4 Å². The third-order valence-electron chi connectivity index (χ3n) is 6.02. The lowest BCUT2D eigenvalue weighted by Gasteiger charge is -2.33. The lowest BCUT2D eigenvalue weighted by atomic mass is 10.1. The molecule has 2 atom stereocenters. The number of carbonyl (C=O) groups excluding carboxylic acids is 1. The number of aliphatic hydroxyl groups excluding tert-OH is 1. The highest BCUT2D eigenvalue weighted by Gasteiger charge is 2.37. The first-order valence-corrected chi connectivity index (χ1v) is 13.7. The summed E-state index contributed by atoms with van der Waals surface area (Å²) >= 11 is 0. The van der Waals surface area contributed by atoms with Gasteiger partial charge in [0.15, 0.2) is 0 Å². The monoisotopic (exact) mass is 425 g/mol. The summed E-state index contributed by atoms with van der Waals surface area (Å²) in [6.45, 7) is 8.71. The fourth-order valence-electron chi connectivity index (χ4n) is 4.52. The molecule has 1 aliphatic heterocycles. The number of hydrogen-bond acceptors (Lipinski definition) is 3. The Labute approximate surface area is 181 Å². The summed E-state index contributed by atoms with van der Waals surface area (Å²) in [5.74, 6) is 0. The molecule has 1 fully saturated rings. The number of benzene rings is 2. The maximum atomic E-state index is 12.6. The first-order chi connectivity index (χ1) is 14.2. The van der Waals surface area contributed by atoms with E-state index in [1.807, 2.05) is 37.8 Å². The number of ether oxygens (including phenoxy) is 1. The Morgan fingerprint density at radius 3 is 2.13 bits per heavy atom. The number of aliphatic hydroxyl groups is 1. The predicted molar refractivity (Wildman–Crippen MR) is 125 cm³/mol. The maximum Gasteiger partial charge on any atom is 0.410 e. The molecule has 0 aromatic heterocycles. The fourth-order valence-corrected chi connectivity index (χ4v) is 8.29. The summed E-state index contributed by atoms with van der Waals surface area (Å²) in [6, 6.07) is 21.9. The molecule has 162 valence electrons. The van der Waals surface area contributed by atoms with E-state index in [1.54, 1.807) is 0 Å². The van der Waals surface area contributed by atoms with Gasteiger partial charge in [0.05, 0.1) is 6.10 Å². The Bertz CT molecular complexity index is 780. The average molecular weight is 426 g/mol. The Kier molecular flexibility index (Phi) is 7.04.